The molecule has 106 valence electrons. The highest BCUT2D eigenvalue weighted by molar-refractivity contribution is 4.96. The van der Waals surface area contributed by atoms with Gasteiger partial charge in [-0.2, -0.15) is 5.10 Å². The van der Waals surface area contributed by atoms with E-state index in [0.29, 0.717) is 5.92 Å². The fraction of sp³-hybridized carbons (Fsp3) is 0.867. The van der Waals surface area contributed by atoms with Crippen LogP contribution in [0.15, 0.2) is 6.33 Å². The number of nitrogens with zero attached hydrogens (tertiary/aromatic N) is 3. The minimum absolute atomic E-state index is 0.602. The molecule has 0 aromatic carbocycles. The molecule has 1 aliphatic heterocycles. The van der Waals surface area contributed by atoms with Crippen LogP contribution in [0, 0.1) is 11.8 Å². The summed E-state index contributed by atoms with van der Waals surface area (Å²) in [5, 5.41) is 7.00. The van der Waals surface area contributed by atoms with Crippen LogP contribution in [0.4, 0.5) is 0 Å². The van der Waals surface area contributed by atoms with Crippen molar-refractivity contribution in [3.8, 4) is 0 Å². The third-order valence-electron chi connectivity index (χ3n) is 5.06. The fourth-order valence-electron chi connectivity index (χ4n) is 3.68. The van der Waals surface area contributed by atoms with E-state index < -0.39 is 0 Å². The first-order valence-corrected chi connectivity index (χ1v) is 7.89. The van der Waals surface area contributed by atoms with Crippen molar-refractivity contribution >= 4 is 0 Å². The van der Waals surface area contributed by atoms with Crippen LogP contribution in [0.5, 0.6) is 0 Å². The molecular weight excluding hydrogens is 236 g/mol. The van der Waals surface area contributed by atoms with Crippen LogP contribution >= 0.6 is 0 Å². The van der Waals surface area contributed by atoms with Crippen molar-refractivity contribution in [3.63, 3.8) is 0 Å². The maximum absolute atomic E-state index is 4.30. The normalized spacial score (nSPS) is 30.6. The van der Waals surface area contributed by atoms with Gasteiger partial charge in [0.1, 0.15) is 12.2 Å². The Bertz CT molecular complexity index is 360. The van der Waals surface area contributed by atoms with E-state index in [9.17, 15) is 0 Å². The summed E-state index contributed by atoms with van der Waals surface area (Å²) in [5.41, 5.74) is 0. The van der Waals surface area contributed by atoms with Gasteiger partial charge in [0.2, 0.25) is 0 Å². The van der Waals surface area contributed by atoms with Gasteiger partial charge in [-0.3, -0.25) is 5.10 Å². The van der Waals surface area contributed by atoms with E-state index in [2.05, 4.69) is 27.0 Å². The molecule has 4 nitrogen and oxygen atoms in total. The van der Waals surface area contributed by atoms with Crippen LogP contribution in [-0.4, -0.2) is 39.7 Å². The average Bonchev–Trinajstić information content (AvgIpc) is 2.96. The minimum atomic E-state index is 0.602. The predicted octanol–water partition coefficient (Wildman–Crippen LogP) is 2.81. The number of aromatic amines is 1. The number of aromatic nitrogens is 3. The molecule has 1 N–H and O–H groups in total. The number of hydrogen-bond acceptors (Lipinski definition) is 3. The van der Waals surface area contributed by atoms with Gasteiger partial charge in [-0.25, -0.2) is 4.98 Å². The van der Waals surface area contributed by atoms with E-state index in [4.69, 9.17) is 0 Å². The summed E-state index contributed by atoms with van der Waals surface area (Å²) in [6.45, 7) is 6.20. The van der Waals surface area contributed by atoms with Gasteiger partial charge >= 0.3 is 0 Å². The molecule has 1 saturated heterocycles. The Kier molecular flexibility index (Phi) is 4.16. The van der Waals surface area contributed by atoms with Gasteiger partial charge in [-0.1, -0.05) is 19.8 Å². The van der Waals surface area contributed by atoms with Crippen molar-refractivity contribution in [2.75, 3.05) is 19.6 Å². The van der Waals surface area contributed by atoms with Crippen molar-refractivity contribution in [2.24, 2.45) is 11.8 Å². The number of hydrogen-bond donors (Lipinski definition) is 1. The zero-order valence-corrected chi connectivity index (χ0v) is 12.0. The van der Waals surface area contributed by atoms with Gasteiger partial charge in [0.15, 0.2) is 0 Å². The Morgan fingerprint density at radius 3 is 2.53 bits per heavy atom. The zero-order valence-electron chi connectivity index (χ0n) is 12.0. The molecule has 1 aromatic rings. The molecule has 0 radical (unpaired) electrons. The first kappa shape index (κ1) is 13.1. The molecule has 0 amide bonds. The minimum Gasteiger partial charge on any atom is -0.303 e. The number of H-pyrrole nitrogens is 1. The SMILES string of the molecule is CC1CCC(CN2CCC(c3ncn[nH]3)CC2)CC1. The maximum atomic E-state index is 4.30. The third kappa shape index (κ3) is 3.35. The second-order valence-electron chi connectivity index (χ2n) is 6.57. The van der Waals surface area contributed by atoms with Crippen LogP contribution in [0.1, 0.15) is 57.2 Å². The van der Waals surface area contributed by atoms with E-state index in [1.54, 1.807) is 6.33 Å². The van der Waals surface area contributed by atoms with E-state index in [1.807, 2.05) is 0 Å². The van der Waals surface area contributed by atoms with E-state index >= 15 is 0 Å². The fourth-order valence-corrected chi connectivity index (χ4v) is 3.68. The second-order valence-corrected chi connectivity index (χ2v) is 6.57. The molecule has 2 aliphatic rings. The van der Waals surface area contributed by atoms with Gasteiger partial charge < -0.3 is 4.90 Å². The molecule has 0 bridgehead atoms. The third-order valence-corrected chi connectivity index (χ3v) is 5.06. The molecule has 0 spiro atoms. The van der Waals surface area contributed by atoms with Crippen LogP contribution < -0.4 is 0 Å². The van der Waals surface area contributed by atoms with E-state index in [1.165, 1.54) is 58.2 Å². The highest BCUT2D eigenvalue weighted by atomic mass is 15.2. The van der Waals surface area contributed by atoms with Gasteiger partial charge in [0.25, 0.3) is 0 Å². The predicted molar refractivity (Wildman–Crippen MR) is 75.9 cm³/mol. The largest absolute Gasteiger partial charge is 0.303 e. The molecule has 1 saturated carbocycles. The summed E-state index contributed by atoms with van der Waals surface area (Å²) in [4.78, 5) is 6.98. The highest BCUT2D eigenvalue weighted by Gasteiger charge is 2.25. The molecule has 19 heavy (non-hydrogen) atoms. The summed E-state index contributed by atoms with van der Waals surface area (Å²) in [6.07, 6.45) is 9.88. The lowest BCUT2D eigenvalue weighted by Gasteiger charge is -2.35. The van der Waals surface area contributed by atoms with Gasteiger partial charge in [-0.15, -0.1) is 0 Å². The average molecular weight is 262 g/mol. The molecule has 2 heterocycles. The first-order chi connectivity index (χ1) is 9.31. The Labute approximate surface area is 116 Å². The molecule has 2 fully saturated rings. The van der Waals surface area contributed by atoms with Gasteiger partial charge in [0.05, 0.1) is 0 Å². The summed E-state index contributed by atoms with van der Waals surface area (Å²) in [5.74, 6) is 3.61. The lowest BCUT2D eigenvalue weighted by Crippen LogP contribution is -2.37. The molecule has 0 unspecified atom stereocenters. The number of rotatable bonds is 3. The summed E-state index contributed by atoms with van der Waals surface area (Å²) >= 11 is 0. The summed E-state index contributed by atoms with van der Waals surface area (Å²) in [7, 11) is 0. The topological polar surface area (TPSA) is 44.8 Å². The monoisotopic (exact) mass is 262 g/mol. The van der Waals surface area contributed by atoms with Crippen LogP contribution in [0.3, 0.4) is 0 Å². The molecule has 1 aliphatic carbocycles. The van der Waals surface area contributed by atoms with Crippen molar-refractivity contribution in [1.29, 1.82) is 0 Å². The lowest BCUT2D eigenvalue weighted by atomic mass is 9.82. The Morgan fingerprint density at radius 1 is 1.16 bits per heavy atom. The molecule has 1 aromatic heterocycles. The molecule has 0 atom stereocenters. The standard InChI is InChI=1S/C15H26N4/c1-12-2-4-13(5-3-12)10-19-8-6-14(7-9-19)15-16-11-17-18-15/h11-14H,2-10H2,1H3,(H,16,17,18). The van der Waals surface area contributed by atoms with Crippen LogP contribution in [-0.2, 0) is 0 Å². The molecule has 4 heteroatoms. The van der Waals surface area contributed by atoms with Gasteiger partial charge in [0, 0.05) is 12.5 Å². The summed E-state index contributed by atoms with van der Waals surface area (Å²) in [6, 6.07) is 0. The number of likely N-dealkylation sites (tertiary alicyclic amines) is 1. The molecule has 3 rings (SSSR count). The summed E-state index contributed by atoms with van der Waals surface area (Å²) < 4.78 is 0. The van der Waals surface area contributed by atoms with E-state index in [0.717, 1.165) is 17.7 Å². The van der Waals surface area contributed by atoms with Crippen molar-refractivity contribution in [3.05, 3.63) is 12.2 Å². The van der Waals surface area contributed by atoms with Crippen molar-refractivity contribution < 1.29 is 0 Å². The Morgan fingerprint density at radius 2 is 1.89 bits per heavy atom. The number of nitrogens with one attached hydrogen (secondary N) is 1. The maximum Gasteiger partial charge on any atom is 0.137 e. The van der Waals surface area contributed by atoms with E-state index in [-0.39, 0.29) is 0 Å². The van der Waals surface area contributed by atoms with Crippen LogP contribution in [0.25, 0.3) is 0 Å². The second kappa shape index (κ2) is 6.04. The number of piperidine rings is 1. The first-order valence-electron chi connectivity index (χ1n) is 7.89. The highest BCUT2D eigenvalue weighted by Crippen LogP contribution is 2.31. The molecular formula is C15H26N4. The Hall–Kier alpha value is -0.900. The lowest BCUT2D eigenvalue weighted by molar-refractivity contribution is 0.152. The van der Waals surface area contributed by atoms with Crippen molar-refractivity contribution in [1.82, 2.24) is 20.1 Å². The zero-order chi connectivity index (χ0) is 13.1. The smallest absolute Gasteiger partial charge is 0.137 e. The van der Waals surface area contributed by atoms with Crippen molar-refractivity contribution in [2.45, 2.75) is 51.4 Å². The van der Waals surface area contributed by atoms with Gasteiger partial charge in [-0.05, 0) is 50.6 Å². The quantitative estimate of drug-likeness (QED) is 0.911. The van der Waals surface area contributed by atoms with Crippen LogP contribution in [0.2, 0.25) is 0 Å². The Balaban J connectivity index is 1.43.